The number of hydrogen-bond acceptors (Lipinski definition) is 6. The standard InChI is InChI=1S/C60H40N4O2/c1-60(2)50-24-11-9-21-45(50)46-31-28-42(35-51(46)60)64(41-19-7-4-8-20-41)43-29-32-49-55(36-43)66-53-26-14-23-44(56(49)53)38-17-13-18-39(33-38)58-61-57(37-15-5-3-6-16-37)62-59(63-58)40-27-30-48-47-22-10-12-25-52(47)65-54(48)34-40/h3-36H,1-2H3. The van der Waals surface area contributed by atoms with Crippen LogP contribution < -0.4 is 4.90 Å². The van der Waals surface area contributed by atoms with Gasteiger partial charge >= 0.3 is 0 Å². The molecular formula is C60H40N4O2. The highest BCUT2D eigenvalue weighted by Crippen LogP contribution is 2.51. The van der Waals surface area contributed by atoms with E-state index < -0.39 is 0 Å². The van der Waals surface area contributed by atoms with Crippen molar-refractivity contribution in [3.63, 3.8) is 0 Å². The summed E-state index contributed by atoms with van der Waals surface area (Å²) >= 11 is 0. The van der Waals surface area contributed by atoms with Crippen LogP contribution in [0.25, 0.3) is 100 Å². The van der Waals surface area contributed by atoms with Gasteiger partial charge in [-0.15, -0.1) is 0 Å². The van der Waals surface area contributed by atoms with Gasteiger partial charge in [-0.25, -0.2) is 15.0 Å². The molecule has 0 unspecified atom stereocenters. The maximum absolute atomic E-state index is 6.75. The van der Waals surface area contributed by atoms with E-state index in [-0.39, 0.29) is 5.41 Å². The average Bonchev–Trinajstić information content (AvgIpc) is 4.01. The predicted octanol–water partition coefficient (Wildman–Crippen LogP) is 16.1. The zero-order chi connectivity index (χ0) is 43.9. The van der Waals surface area contributed by atoms with Gasteiger partial charge in [0.05, 0.1) is 0 Å². The van der Waals surface area contributed by atoms with Crippen molar-refractivity contribution in [1.82, 2.24) is 15.0 Å². The molecule has 312 valence electrons. The fourth-order valence-corrected chi connectivity index (χ4v) is 10.1. The molecule has 0 atom stereocenters. The van der Waals surface area contributed by atoms with Crippen LogP contribution in [0.2, 0.25) is 0 Å². The van der Waals surface area contributed by atoms with E-state index in [9.17, 15) is 0 Å². The number of rotatable bonds is 7. The minimum absolute atomic E-state index is 0.123. The van der Waals surface area contributed by atoms with Gasteiger partial charge in [0, 0.05) is 66.8 Å². The Morgan fingerprint density at radius 2 is 0.909 bits per heavy atom. The first-order valence-electron chi connectivity index (χ1n) is 22.3. The fraction of sp³-hybridized carbons (Fsp3) is 0.0500. The SMILES string of the molecule is CC1(C)c2ccccc2-c2ccc(N(c3ccccc3)c3ccc4c(c3)oc3cccc(-c5cccc(-c6nc(-c7ccccc7)nc(-c7ccc8c(c7)oc7ccccc78)n6)c5)c34)cc21. The molecular weight excluding hydrogens is 809 g/mol. The molecule has 6 heteroatoms. The zero-order valence-corrected chi connectivity index (χ0v) is 36.2. The zero-order valence-electron chi connectivity index (χ0n) is 36.2. The molecule has 0 radical (unpaired) electrons. The molecule has 1 aliphatic rings. The van der Waals surface area contributed by atoms with E-state index in [2.05, 4.69) is 170 Å². The molecule has 66 heavy (non-hydrogen) atoms. The highest BCUT2D eigenvalue weighted by atomic mass is 16.3. The Bertz CT molecular complexity index is 3870. The predicted molar refractivity (Wildman–Crippen MR) is 268 cm³/mol. The molecule has 6 nitrogen and oxygen atoms in total. The van der Waals surface area contributed by atoms with Crippen LogP contribution in [0.15, 0.2) is 215 Å². The summed E-state index contributed by atoms with van der Waals surface area (Å²) in [5, 5.41) is 4.24. The molecule has 12 aromatic rings. The number of furan rings is 2. The van der Waals surface area contributed by atoms with Gasteiger partial charge in [0.25, 0.3) is 0 Å². The van der Waals surface area contributed by atoms with Crippen LogP contribution in [0.5, 0.6) is 0 Å². The van der Waals surface area contributed by atoms with Crippen LogP contribution in [-0.4, -0.2) is 15.0 Å². The molecule has 0 amide bonds. The largest absolute Gasteiger partial charge is 0.456 e. The lowest BCUT2D eigenvalue weighted by molar-refractivity contribution is 0.660. The first-order valence-corrected chi connectivity index (χ1v) is 22.3. The maximum atomic E-state index is 6.75. The molecule has 13 rings (SSSR count). The van der Waals surface area contributed by atoms with Gasteiger partial charge < -0.3 is 13.7 Å². The monoisotopic (exact) mass is 848 g/mol. The quantitative estimate of drug-likeness (QED) is 0.159. The summed E-state index contributed by atoms with van der Waals surface area (Å²) in [6, 6.07) is 72.0. The van der Waals surface area contributed by atoms with Gasteiger partial charge in [0.2, 0.25) is 0 Å². The highest BCUT2D eigenvalue weighted by molar-refractivity contribution is 6.13. The number of aromatic nitrogens is 3. The van der Waals surface area contributed by atoms with Crippen molar-refractivity contribution < 1.29 is 8.83 Å². The van der Waals surface area contributed by atoms with Crippen LogP contribution >= 0.6 is 0 Å². The summed E-state index contributed by atoms with van der Waals surface area (Å²) in [6.45, 7) is 4.66. The van der Waals surface area contributed by atoms with Crippen molar-refractivity contribution in [3.8, 4) is 56.4 Å². The summed E-state index contributed by atoms with van der Waals surface area (Å²) in [4.78, 5) is 17.6. The smallest absolute Gasteiger partial charge is 0.164 e. The van der Waals surface area contributed by atoms with Crippen LogP contribution in [0.1, 0.15) is 25.0 Å². The molecule has 0 spiro atoms. The number of para-hydroxylation sites is 2. The maximum Gasteiger partial charge on any atom is 0.164 e. The second kappa shape index (κ2) is 14.7. The molecule has 0 aliphatic heterocycles. The second-order valence-corrected chi connectivity index (χ2v) is 17.6. The Kier molecular flexibility index (Phi) is 8.46. The Hall–Kier alpha value is -8.61. The highest BCUT2D eigenvalue weighted by Gasteiger charge is 2.36. The minimum atomic E-state index is -0.123. The summed E-state index contributed by atoms with van der Waals surface area (Å²) in [5.74, 6) is 1.75. The summed E-state index contributed by atoms with van der Waals surface area (Å²) in [5.41, 5.74) is 16.4. The number of nitrogens with zero attached hydrogens (tertiary/aromatic N) is 4. The molecule has 0 bridgehead atoms. The molecule has 3 heterocycles. The van der Waals surface area contributed by atoms with Gasteiger partial charge in [-0.2, -0.15) is 0 Å². The van der Waals surface area contributed by atoms with E-state index in [1.807, 2.05) is 54.6 Å². The Morgan fingerprint density at radius 1 is 0.348 bits per heavy atom. The van der Waals surface area contributed by atoms with E-state index in [1.54, 1.807) is 0 Å². The Morgan fingerprint density at radius 3 is 1.76 bits per heavy atom. The van der Waals surface area contributed by atoms with Crippen molar-refractivity contribution in [2.45, 2.75) is 19.3 Å². The van der Waals surface area contributed by atoms with Crippen LogP contribution in [0.4, 0.5) is 17.1 Å². The first kappa shape index (κ1) is 37.9. The van der Waals surface area contributed by atoms with Crippen molar-refractivity contribution in [2.75, 3.05) is 4.90 Å². The second-order valence-electron chi connectivity index (χ2n) is 17.6. The minimum Gasteiger partial charge on any atom is -0.456 e. The lowest BCUT2D eigenvalue weighted by Gasteiger charge is -2.28. The number of benzene rings is 9. The van der Waals surface area contributed by atoms with Crippen molar-refractivity contribution in [1.29, 1.82) is 0 Å². The molecule has 0 saturated heterocycles. The molecule has 0 N–H and O–H groups in total. The normalized spacial score (nSPS) is 12.8. The van der Waals surface area contributed by atoms with Crippen LogP contribution in [-0.2, 0) is 5.41 Å². The molecule has 1 aliphatic carbocycles. The van der Waals surface area contributed by atoms with Gasteiger partial charge in [-0.05, 0) is 100 Å². The Balaban J connectivity index is 0.909. The summed E-state index contributed by atoms with van der Waals surface area (Å²) in [6.07, 6.45) is 0. The van der Waals surface area contributed by atoms with Gasteiger partial charge in [0.1, 0.15) is 22.3 Å². The average molecular weight is 849 g/mol. The number of anilines is 3. The third kappa shape index (κ3) is 6.06. The lowest BCUT2D eigenvalue weighted by Crippen LogP contribution is -2.16. The van der Waals surface area contributed by atoms with Gasteiger partial charge in [-0.1, -0.05) is 147 Å². The van der Waals surface area contributed by atoms with Crippen molar-refractivity contribution in [3.05, 3.63) is 217 Å². The number of hydrogen-bond donors (Lipinski definition) is 0. The van der Waals surface area contributed by atoms with E-state index in [4.69, 9.17) is 23.8 Å². The van der Waals surface area contributed by atoms with Crippen LogP contribution in [0.3, 0.4) is 0 Å². The van der Waals surface area contributed by atoms with Gasteiger partial charge in [0.15, 0.2) is 17.5 Å². The third-order valence-electron chi connectivity index (χ3n) is 13.3. The molecule has 3 aromatic heterocycles. The van der Waals surface area contributed by atoms with E-state index >= 15 is 0 Å². The topological polar surface area (TPSA) is 68.2 Å². The summed E-state index contributed by atoms with van der Waals surface area (Å²) < 4.78 is 13.0. The van der Waals surface area contributed by atoms with E-state index in [1.165, 1.54) is 22.3 Å². The number of fused-ring (bicyclic) bond motifs is 9. The first-order chi connectivity index (χ1) is 32.4. The third-order valence-corrected chi connectivity index (χ3v) is 13.3. The van der Waals surface area contributed by atoms with Crippen molar-refractivity contribution >= 4 is 60.9 Å². The molecule has 0 saturated carbocycles. The lowest BCUT2D eigenvalue weighted by atomic mass is 9.82. The van der Waals surface area contributed by atoms with E-state index in [0.717, 1.165) is 88.8 Å². The fourth-order valence-electron chi connectivity index (χ4n) is 10.1. The Labute approximate surface area is 381 Å². The van der Waals surface area contributed by atoms with Crippen LogP contribution in [0, 0.1) is 0 Å². The molecule has 9 aromatic carbocycles. The van der Waals surface area contributed by atoms with E-state index in [0.29, 0.717) is 17.5 Å². The van der Waals surface area contributed by atoms with Gasteiger partial charge in [-0.3, -0.25) is 0 Å². The molecule has 0 fully saturated rings. The summed E-state index contributed by atoms with van der Waals surface area (Å²) in [7, 11) is 0. The van der Waals surface area contributed by atoms with Crippen molar-refractivity contribution in [2.24, 2.45) is 0 Å².